The molecule has 3 atom stereocenters. The Balaban J connectivity index is 2.15. The molecule has 2 saturated carbocycles. The molecule has 0 aromatic heterocycles. The van der Waals surface area contributed by atoms with E-state index in [0.29, 0.717) is 29.2 Å². The third-order valence-electron chi connectivity index (χ3n) is 6.86. The predicted molar refractivity (Wildman–Crippen MR) is 103 cm³/mol. The fourth-order valence-corrected chi connectivity index (χ4v) is 5.69. The highest BCUT2D eigenvalue weighted by Gasteiger charge is 2.52. The smallest absolute Gasteiger partial charge is 0.328 e. The molecule has 4 nitrogen and oxygen atoms in total. The van der Waals surface area contributed by atoms with Gasteiger partial charge in [-0.3, -0.25) is 4.79 Å². The molecule has 0 heterocycles. The summed E-state index contributed by atoms with van der Waals surface area (Å²) < 4.78 is 5.04. The molecule has 26 heavy (non-hydrogen) atoms. The van der Waals surface area contributed by atoms with Crippen molar-refractivity contribution in [3.05, 3.63) is 23.8 Å². The molecule has 0 radical (unpaired) electrons. The summed E-state index contributed by atoms with van der Waals surface area (Å²) in [7, 11) is 0. The zero-order chi connectivity index (χ0) is 19.5. The van der Waals surface area contributed by atoms with E-state index < -0.39 is 5.97 Å². The number of rotatable bonds is 6. The van der Waals surface area contributed by atoms with Crippen molar-refractivity contribution < 1.29 is 19.4 Å². The van der Waals surface area contributed by atoms with Gasteiger partial charge in [0, 0.05) is 13.0 Å². The Hall–Kier alpha value is -1.58. The van der Waals surface area contributed by atoms with Gasteiger partial charge in [-0.25, -0.2) is 4.79 Å². The zero-order valence-electron chi connectivity index (χ0n) is 16.8. The van der Waals surface area contributed by atoms with Crippen LogP contribution in [-0.2, 0) is 14.3 Å². The van der Waals surface area contributed by atoms with E-state index in [-0.39, 0.29) is 18.0 Å². The van der Waals surface area contributed by atoms with Gasteiger partial charge in [0.1, 0.15) is 6.61 Å². The number of fused-ring (bicyclic) bond motifs is 1. The molecule has 0 aliphatic heterocycles. The van der Waals surface area contributed by atoms with E-state index in [1.807, 2.05) is 0 Å². The monoisotopic (exact) mass is 362 g/mol. The minimum atomic E-state index is -0.988. The van der Waals surface area contributed by atoms with Gasteiger partial charge < -0.3 is 9.84 Å². The molecule has 1 N–H and O–H groups in total. The molecule has 2 fully saturated rings. The predicted octanol–water partition coefficient (Wildman–Crippen LogP) is 5.14. The largest absolute Gasteiger partial charge is 0.478 e. The molecule has 0 amide bonds. The van der Waals surface area contributed by atoms with Gasteiger partial charge >= 0.3 is 11.9 Å². The molecule has 0 aromatic rings. The topological polar surface area (TPSA) is 63.6 Å². The van der Waals surface area contributed by atoms with E-state index in [0.717, 1.165) is 12.8 Å². The normalized spacial score (nSPS) is 31.2. The SMILES string of the molecule is C=C1CCC2C(C)(C)CCCC2(C)C1CCC(=CC(=O)O)COC(C)=O. The van der Waals surface area contributed by atoms with Crippen LogP contribution in [-0.4, -0.2) is 23.7 Å². The van der Waals surface area contributed by atoms with Crippen LogP contribution in [0, 0.1) is 22.7 Å². The number of carbonyl (C=O) groups excluding carboxylic acids is 1. The van der Waals surface area contributed by atoms with Crippen molar-refractivity contribution in [2.75, 3.05) is 6.61 Å². The van der Waals surface area contributed by atoms with Gasteiger partial charge in [0.2, 0.25) is 0 Å². The summed E-state index contributed by atoms with van der Waals surface area (Å²) in [4.78, 5) is 22.2. The van der Waals surface area contributed by atoms with E-state index >= 15 is 0 Å². The van der Waals surface area contributed by atoms with Gasteiger partial charge in [0.15, 0.2) is 0 Å². The lowest BCUT2D eigenvalue weighted by Crippen LogP contribution is -2.49. The third-order valence-corrected chi connectivity index (χ3v) is 6.86. The Bertz CT molecular complexity index is 601. The molecule has 2 rings (SSSR count). The molecule has 3 unspecified atom stereocenters. The van der Waals surface area contributed by atoms with Crippen LogP contribution in [0.4, 0.5) is 0 Å². The summed E-state index contributed by atoms with van der Waals surface area (Å²) >= 11 is 0. The van der Waals surface area contributed by atoms with Crippen LogP contribution in [0.3, 0.4) is 0 Å². The second-order valence-electron chi connectivity index (χ2n) is 9.11. The van der Waals surface area contributed by atoms with Crippen LogP contribution in [0.2, 0.25) is 0 Å². The number of esters is 1. The Morgan fingerprint density at radius 2 is 2.00 bits per heavy atom. The summed E-state index contributed by atoms with van der Waals surface area (Å²) in [5, 5.41) is 9.11. The number of allylic oxidation sites excluding steroid dienone is 1. The first-order valence-corrected chi connectivity index (χ1v) is 9.79. The molecular weight excluding hydrogens is 328 g/mol. The van der Waals surface area contributed by atoms with Gasteiger partial charge in [-0.2, -0.15) is 0 Å². The van der Waals surface area contributed by atoms with Crippen LogP contribution >= 0.6 is 0 Å². The molecule has 0 aromatic carbocycles. The number of hydrogen-bond donors (Lipinski definition) is 1. The second-order valence-corrected chi connectivity index (χ2v) is 9.11. The third kappa shape index (κ3) is 4.57. The highest BCUT2D eigenvalue weighted by molar-refractivity contribution is 5.80. The van der Waals surface area contributed by atoms with Crippen molar-refractivity contribution in [1.29, 1.82) is 0 Å². The van der Waals surface area contributed by atoms with E-state index in [9.17, 15) is 9.59 Å². The van der Waals surface area contributed by atoms with Crippen molar-refractivity contribution in [2.24, 2.45) is 22.7 Å². The van der Waals surface area contributed by atoms with Crippen LogP contribution in [0.1, 0.15) is 72.6 Å². The summed E-state index contributed by atoms with van der Waals surface area (Å²) in [6.45, 7) is 13.0. The average molecular weight is 363 g/mol. The number of ether oxygens (including phenoxy) is 1. The van der Waals surface area contributed by atoms with Gasteiger partial charge in [-0.15, -0.1) is 0 Å². The molecule has 2 aliphatic rings. The van der Waals surface area contributed by atoms with E-state index in [1.165, 1.54) is 44.3 Å². The summed E-state index contributed by atoms with van der Waals surface area (Å²) in [6.07, 6.45) is 8.72. The lowest BCUT2D eigenvalue weighted by molar-refractivity contribution is -0.140. The first-order chi connectivity index (χ1) is 12.1. The Morgan fingerprint density at radius 3 is 2.62 bits per heavy atom. The maximum Gasteiger partial charge on any atom is 0.328 e. The van der Waals surface area contributed by atoms with Gasteiger partial charge in [0.25, 0.3) is 0 Å². The van der Waals surface area contributed by atoms with Crippen molar-refractivity contribution in [2.45, 2.75) is 72.6 Å². The van der Waals surface area contributed by atoms with Gasteiger partial charge in [-0.05, 0) is 66.8 Å². The van der Waals surface area contributed by atoms with Gasteiger partial charge in [0.05, 0.1) is 0 Å². The lowest BCUT2D eigenvalue weighted by Gasteiger charge is -2.58. The quantitative estimate of drug-likeness (QED) is 0.404. The number of carboxylic acid groups (broad SMARTS) is 1. The number of hydrogen-bond acceptors (Lipinski definition) is 3. The first-order valence-electron chi connectivity index (χ1n) is 9.79. The Kier molecular flexibility index (Phi) is 6.36. The average Bonchev–Trinajstić information content (AvgIpc) is 2.50. The molecule has 0 bridgehead atoms. The summed E-state index contributed by atoms with van der Waals surface area (Å²) in [5.74, 6) is -0.295. The lowest BCUT2D eigenvalue weighted by atomic mass is 9.47. The molecular formula is C22H34O4. The fourth-order valence-electron chi connectivity index (χ4n) is 5.69. The number of carbonyl (C=O) groups is 2. The van der Waals surface area contributed by atoms with Crippen LogP contribution in [0.15, 0.2) is 23.8 Å². The Labute approximate surface area is 157 Å². The van der Waals surface area contributed by atoms with Crippen molar-refractivity contribution in [3.8, 4) is 0 Å². The van der Waals surface area contributed by atoms with Crippen molar-refractivity contribution in [1.82, 2.24) is 0 Å². The summed E-state index contributed by atoms with van der Waals surface area (Å²) in [5.41, 5.74) is 2.56. The highest BCUT2D eigenvalue weighted by atomic mass is 16.5. The number of carboxylic acids is 1. The fraction of sp³-hybridized carbons (Fsp3) is 0.727. The molecule has 4 heteroatoms. The Morgan fingerprint density at radius 1 is 1.31 bits per heavy atom. The van der Waals surface area contributed by atoms with Crippen molar-refractivity contribution >= 4 is 11.9 Å². The van der Waals surface area contributed by atoms with Crippen molar-refractivity contribution in [3.63, 3.8) is 0 Å². The minimum absolute atomic E-state index is 0.0620. The van der Waals surface area contributed by atoms with E-state index in [1.54, 1.807) is 0 Å². The molecule has 2 aliphatic carbocycles. The van der Waals surface area contributed by atoms with Crippen LogP contribution in [0.5, 0.6) is 0 Å². The number of aliphatic carboxylic acids is 1. The van der Waals surface area contributed by atoms with E-state index in [4.69, 9.17) is 9.84 Å². The maximum absolute atomic E-state index is 11.1. The van der Waals surface area contributed by atoms with E-state index in [2.05, 4.69) is 27.4 Å². The highest BCUT2D eigenvalue weighted by Crippen LogP contribution is 2.61. The molecule has 0 spiro atoms. The second kappa shape index (κ2) is 7.98. The molecule has 146 valence electrons. The maximum atomic E-state index is 11.1. The first kappa shape index (κ1) is 20.7. The van der Waals surface area contributed by atoms with Crippen LogP contribution in [0.25, 0.3) is 0 Å². The summed E-state index contributed by atoms with van der Waals surface area (Å²) in [6, 6.07) is 0. The minimum Gasteiger partial charge on any atom is -0.478 e. The van der Waals surface area contributed by atoms with Gasteiger partial charge in [-0.1, -0.05) is 39.3 Å². The van der Waals surface area contributed by atoms with Crippen LogP contribution < -0.4 is 0 Å². The standard InChI is InChI=1S/C22H34O4/c1-15-7-10-19-21(3,4)11-6-12-22(19,5)18(15)9-8-17(13-20(24)25)14-26-16(2)23/h13,18-19H,1,6-12,14H2,2-5H3,(H,24,25). The zero-order valence-corrected chi connectivity index (χ0v) is 16.8. The molecule has 0 saturated heterocycles.